The van der Waals surface area contributed by atoms with E-state index in [-0.39, 0.29) is 40.8 Å². The van der Waals surface area contributed by atoms with Crippen molar-refractivity contribution in [2.75, 3.05) is 6.61 Å². The Hall–Kier alpha value is -4.84. The Balaban J connectivity index is 1.45. The van der Waals surface area contributed by atoms with Crippen LogP contribution in [-0.2, 0) is 0 Å². The molecule has 4 rings (SSSR count). The Bertz CT molecular complexity index is 1490. The van der Waals surface area contributed by atoms with Crippen LogP contribution in [0, 0.1) is 0 Å². The minimum atomic E-state index is -0.272. The average molecular weight is 523 g/mol. The summed E-state index contributed by atoms with van der Waals surface area (Å²) in [5.41, 5.74) is 2.27. The highest BCUT2D eigenvalue weighted by molar-refractivity contribution is 6.11. The normalized spacial score (nSPS) is 11.4. The second-order valence-corrected chi connectivity index (χ2v) is 9.05. The van der Waals surface area contributed by atoms with E-state index in [1.165, 1.54) is 12.1 Å². The zero-order valence-corrected chi connectivity index (χ0v) is 21.9. The maximum atomic E-state index is 12.7. The van der Waals surface area contributed by atoms with Crippen LogP contribution in [0.2, 0.25) is 0 Å². The molecular weight excluding hydrogens is 492 g/mol. The fourth-order valence-electron chi connectivity index (χ4n) is 4.12. The zero-order chi connectivity index (χ0) is 27.8. The summed E-state index contributed by atoms with van der Waals surface area (Å²) in [6.45, 7) is 4.06. The fraction of sp³-hybridized carbons (Fsp3) is 0.152. The number of hydrogen-bond donors (Lipinski definition) is 2. The zero-order valence-electron chi connectivity index (χ0n) is 21.9. The Morgan fingerprint density at radius 2 is 1.18 bits per heavy atom. The molecule has 0 fully saturated rings. The van der Waals surface area contributed by atoms with Gasteiger partial charge in [0.2, 0.25) is 0 Å². The number of phenolic OH excluding ortho intramolecular Hbond substituents is 2. The van der Waals surface area contributed by atoms with Gasteiger partial charge in [-0.25, -0.2) is 0 Å². The minimum Gasteiger partial charge on any atom is -0.507 e. The number of aromatic hydroxyl groups is 2. The van der Waals surface area contributed by atoms with Gasteiger partial charge in [0.1, 0.15) is 35.4 Å². The third-order valence-corrected chi connectivity index (χ3v) is 6.23. The van der Waals surface area contributed by atoms with E-state index < -0.39 is 0 Å². The van der Waals surface area contributed by atoms with Crippen molar-refractivity contribution >= 4 is 11.6 Å². The van der Waals surface area contributed by atoms with Gasteiger partial charge in [0.25, 0.3) is 0 Å². The number of carbonyl (C=O) groups is 2. The van der Waals surface area contributed by atoms with Gasteiger partial charge in [0.05, 0.1) is 11.1 Å². The Morgan fingerprint density at radius 3 is 1.67 bits per heavy atom. The molecular formula is C33H30O6. The van der Waals surface area contributed by atoms with Gasteiger partial charge in [-0.3, -0.25) is 9.59 Å². The highest BCUT2D eigenvalue weighted by Gasteiger charge is 2.16. The molecule has 198 valence electrons. The Kier molecular flexibility index (Phi) is 8.79. The third-order valence-electron chi connectivity index (χ3n) is 6.23. The first-order chi connectivity index (χ1) is 18.9. The summed E-state index contributed by atoms with van der Waals surface area (Å²) in [6.07, 6.45) is 1.56. The number of rotatable bonds is 11. The summed E-state index contributed by atoms with van der Waals surface area (Å²) in [5.74, 6) is 0.559. The van der Waals surface area contributed by atoms with Gasteiger partial charge in [0, 0.05) is 28.8 Å². The van der Waals surface area contributed by atoms with E-state index in [9.17, 15) is 19.8 Å². The van der Waals surface area contributed by atoms with Crippen molar-refractivity contribution in [1.29, 1.82) is 0 Å². The molecule has 4 aromatic carbocycles. The standard InChI is InChI=1S/C33H30O6/c1-3-10-25(21-38-26-15-17-28(30(34)19-26)32(36)23-11-6-4-7-12-23)22(2)39-27-16-18-29(31(35)20-27)33(37)24-13-8-5-9-14-24/h4-9,11-20,34-35H,3,10,21H2,1-2H3. The number of hydrogen-bond acceptors (Lipinski definition) is 6. The third kappa shape index (κ3) is 6.73. The topological polar surface area (TPSA) is 93.1 Å². The van der Waals surface area contributed by atoms with Crippen LogP contribution in [0.1, 0.15) is 58.5 Å². The second kappa shape index (κ2) is 12.6. The lowest BCUT2D eigenvalue weighted by Crippen LogP contribution is -2.08. The van der Waals surface area contributed by atoms with Crippen LogP contribution in [0.5, 0.6) is 23.0 Å². The Labute approximate surface area is 227 Å². The van der Waals surface area contributed by atoms with Crippen LogP contribution in [0.15, 0.2) is 108 Å². The smallest absolute Gasteiger partial charge is 0.196 e. The molecule has 0 aromatic heterocycles. The quantitative estimate of drug-likeness (QED) is 0.161. The maximum Gasteiger partial charge on any atom is 0.196 e. The molecule has 2 N–H and O–H groups in total. The van der Waals surface area contributed by atoms with Crippen LogP contribution < -0.4 is 9.47 Å². The van der Waals surface area contributed by atoms with E-state index in [4.69, 9.17) is 9.47 Å². The number of carbonyl (C=O) groups excluding carboxylic acids is 2. The summed E-state index contributed by atoms with van der Waals surface area (Å²) < 4.78 is 11.9. The van der Waals surface area contributed by atoms with Gasteiger partial charge in [-0.15, -0.1) is 0 Å². The van der Waals surface area contributed by atoms with E-state index in [1.54, 1.807) is 72.8 Å². The van der Waals surface area contributed by atoms with E-state index in [0.29, 0.717) is 34.8 Å². The highest BCUT2D eigenvalue weighted by atomic mass is 16.5. The van der Waals surface area contributed by atoms with Crippen molar-refractivity contribution in [1.82, 2.24) is 0 Å². The van der Waals surface area contributed by atoms with Crippen LogP contribution in [0.25, 0.3) is 0 Å². The minimum absolute atomic E-state index is 0.157. The summed E-state index contributed by atoms with van der Waals surface area (Å²) in [4.78, 5) is 25.4. The molecule has 0 aliphatic carbocycles. The monoisotopic (exact) mass is 522 g/mol. The predicted octanol–water partition coefficient (Wildman–Crippen LogP) is 7.09. The van der Waals surface area contributed by atoms with E-state index in [1.807, 2.05) is 26.0 Å². The molecule has 0 heterocycles. The first kappa shape index (κ1) is 27.2. The number of allylic oxidation sites excluding steroid dienone is 1. The van der Waals surface area contributed by atoms with Gasteiger partial charge in [-0.2, -0.15) is 0 Å². The van der Waals surface area contributed by atoms with Crippen molar-refractivity contribution in [2.45, 2.75) is 26.7 Å². The first-order valence-electron chi connectivity index (χ1n) is 12.7. The van der Waals surface area contributed by atoms with Crippen molar-refractivity contribution in [3.8, 4) is 23.0 Å². The molecule has 6 nitrogen and oxygen atoms in total. The average Bonchev–Trinajstić information content (AvgIpc) is 2.95. The number of ether oxygens (including phenoxy) is 2. The number of phenols is 2. The van der Waals surface area contributed by atoms with Crippen LogP contribution in [0.3, 0.4) is 0 Å². The first-order valence-corrected chi connectivity index (χ1v) is 12.7. The second-order valence-electron chi connectivity index (χ2n) is 9.05. The van der Waals surface area contributed by atoms with Crippen LogP contribution in [0.4, 0.5) is 0 Å². The summed E-state index contributed by atoms with van der Waals surface area (Å²) in [5, 5.41) is 21.0. The van der Waals surface area contributed by atoms with E-state index >= 15 is 0 Å². The van der Waals surface area contributed by atoms with Crippen LogP contribution in [-0.4, -0.2) is 28.4 Å². The van der Waals surface area contributed by atoms with Gasteiger partial charge >= 0.3 is 0 Å². The SMILES string of the molecule is CCCC(COc1ccc(C(=O)c2ccccc2)c(O)c1)=C(C)Oc1ccc(C(=O)c2ccccc2)c(O)c1. The molecule has 4 aromatic rings. The van der Waals surface area contributed by atoms with E-state index in [0.717, 1.165) is 12.0 Å². The molecule has 0 unspecified atom stereocenters. The van der Waals surface area contributed by atoms with E-state index in [2.05, 4.69) is 0 Å². The molecule has 0 radical (unpaired) electrons. The lowest BCUT2D eigenvalue weighted by Gasteiger charge is -2.15. The number of ketones is 2. The van der Waals surface area contributed by atoms with Crippen molar-refractivity contribution in [2.24, 2.45) is 0 Å². The summed E-state index contributed by atoms with van der Waals surface area (Å²) >= 11 is 0. The number of benzene rings is 4. The lowest BCUT2D eigenvalue weighted by molar-refractivity contribution is 0.102. The molecule has 39 heavy (non-hydrogen) atoms. The molecule has 0 saturated carbocycles. The highest BCUT2D eigenvalue weighted by Crippen LogP contribution is 2.29. The summed E-state index contributed by atoms with van der Waals surface area (Å²) in [6, 6.07) is 26.8. The molecule has 6 heteroatoms. The summed E-state index contributed by atoms with van der Waals surface area (Å²) in [7, 11) is 0. The Morgan fingerprint density at radius 1 is 0.692 bits per heavy atom. The van der Waals surface area contributed by atoms with Gasteiger partial charge < -0.3 is 19.7 Å². The van der Waals surface area contributed by atoms with Gasteiger partial charge in [0.15, 0.2) is 11.6 Å². The molecule has 0 spiro atoms. The van der Waals surface area contributed by atoms with Crippen molar-refractivity contribution in [3.63, 3.8) is 0 Å². The molecule has 0 aliphatic rings. The molecule has 0 aliphatic heterocycles. The van der Waals surface area contributed by atoms with Crippen molar-refractivity contribution in [3.05, 3.63) is 131 Å². The van der Waals surface area contributed by atoms with Gasteiger partial charge in [-0.1, -0.05) is 74.0 Å². The lowest BCUT2D eigenvalue weighted by atomic mass is 10.0. The molecule has 0 saturated heterocycles. The fourth-order valence-corrected chi connectivity index (χ4v) is 4.12. The molecule has 0 atom stereocenters. The van der Waals surface area contributed by atoms with Crippen LogP contribution >= 0.6 is 0 Å². The molecule has 0 amide bonds. The predicted molar refractivity (Wildman–Crippen MR) is 150 cm³/mol. The van der Waals surface area contributed by atoms with Crippen molar-refractivity contribution < 1.29 is 29.3 Å². The van der Waals surface area contributed by atoms with Gasteiger partial charge in [-0.05, 0) is 37.6 Å². The maximum absolute atomic E-state index is 12.7. The molecule has 0 bridgehead atoms. The largest absolute Gasteiger partial charge is 0.507 e.